The van der Waals surface area contributed by atoms with E-state index in [1.54, 1.807) is 0 Å². The van der Waals surface area contributed by atoms with Gasteiger partial charge in [-0.1, -0.05) is 6.08 Å². The number of hydrogen-bond donors (Lipinski definition) is 0. The third kappa shape index (κ3) is 3.29. The minimum Gasteiger partial charge on any atom is -0.244 e. The van der Waals surface area contributed by atoms with E-state index >= 15 is 0 Å². The maximum Gasteiger partial charge on any atom is 0.131 e. The molecule has 2 aliphatic rings. The first kappa shape index (κ1) is 13.0. The molecule has 17 heavy (non-hydrogen) atoms. The summed E-state index contributed by atoms with van der Waals surface area (Å²) in [4.78, 5) is 0. The Balaban J connectivity index is 1.78. The minimum atomic E-state index is -1.19. The molecule has 2 heteroatoms. The molecule has 0 heterocycles. The zero-order valence-electron chi connectivity index (χ0n) is 10.6. The summed E-state index contributed by atoms with van der Waals surface area (Å²) in [6.07, 6.45) is 7.50. The van der Waals surface area contributed by atoms with Crippen LogP contribution in [0.1, 0.15) is 51.4 Å². The van der Waals surface area contributed by atoms with Crippen LogP contribution >= 0.6 is 0 Å². The van der Waals surface area contributed by atoms with Crippen molar-refractivity contribution in [2.45, 2.75) is 63.7 Å². The van der Waals surface area contributed by atoms with Crippen molar-refractivity contribution in [3.05, 3.63) is 12.7 Å². The van der Waals surface area contributed by atoms with Crippen molar-refractivity contribution in [3.8, 4) is 0 Å². The van der Waals surface area contributed by atoms with E-state index in [0.29, 0.717) is 24.7 Å². The molecule has 2 saturated carbocycles. The van der Waals surface area contributed by atoms with Gasteiger partial charge in [0.2, 0.25) is 0 Å². The van der Waals surface area contributed by atoms with Crippen molar-refractivity contribution >= 4 is 0 Å². The van der Waals surface area contributed by atoms with Crippen molar-refractivity contribution in [2.24, 2.45) is 17.8 Å². The number of alkyl halides is 2. The Morgan fingerprint density at radius 3 is 2.12 bits per heavy atom. The van der Waals surface area contributed by atoms with Gasteiger partial charge in [0.15, 0.2) is 0 Å². The van der Waals surface area contributed by atoms with Gasteiger partial charge in [0.1, 0.15) is 12.3 Å². The number of allylic oxidation sites excluding steroid dienone is 1. The van der Waals surface area contributed by atoms with Crippen molar-refractivity contribution in [2.75, 3.05) is 0 Å². The summed E-state index contributed by atoms with van der Waals surface area (Å²) in [6.45, 7) is 3.79. The lowest BCUT2D eigenvalue weighted by atomic mass is 9.70. The number of halogens is 2. The molecule has 0 aromatic rings. The van der Waals surface area contributed by atoms with Crippen LogP contribution in [0.4, 0.5) is 8.78 Å². The Labute approximate surface area is 103 Å². The molecule has 0 aromatic heterocycles. The molecular weight excluding hydrogens is 218 g/mol. The fourth-order valence-corrected chi connectivity index (χ4v) is 3.67. The molecule has 0 bridgehead atoms. The molecule has 0 amide bonds. The van der Waals surface area contributed by atoms with Crippen LogP contribution in [0.5, 0.6) is 0 Å². The lowest BCUT2D eigenvalue weighted by Gasteiger charge is -2.37. The van der Waals surface area contributed by atoms with Crippen LogP contribution in [0, 0.1) is 17.8 Å². The molecule has 3 unspecified atom stereocenters. The summed E-state index contributed by atoms with van der Waals surface area (Å²) in [5.74, 6) is 1.89. The van der Waals surface area contributed by atoms with Crippen LogP contribution in [0.15, 0.2) is 12.7 Å². The molecule has 2 fully saturated rings. The van der Waals surface area contributed by atoms with Gasteiger partial charge in [0.25, 0.3) is 0 Å². The average Bonchev–Trinajstić information content (AvgIpc) is 2.34. The standard InChI is InChI=1S/C15H24F2/c1-2-3-11-4-6-12(7-5-11)13-8-9-14(16)15(17)10-13/h2,11-15H,1,3-10H2. The molecule has 0 nitrogen and oxygen atoms in total. The van der Waals surface area contributed by atoms with Gasteiger partial charge in [-0.05, 0) is 69.1 Å². The van der Waals surface area contributed by atoms with Crippen molar-refractivity contribution in [3.63, 3.8) is 0 Å². The monoisotopic (exact) mass is 242 g/mol. The van der Waals surface area contributed by atoms with E-state index < -0.39 is 12.3 Å². The van der Waals surface area contributed by atoms with E-state index in [4.69, 9.17) is 0 Å². The predicted molar refractivity (Wildman–Crippen MR) is 67.4 cm³/mol. The van der Waals surface area contributed by atoms with E-state index in [-0.39, 0.29) is 0 Å². The minimum absolute atomic E-state index is 0.443. The third-order valence-corrected chi connectivity index (χ3v) is 4.79. The maximum atomic E-state index is 13.4. The van der Waals surface area contributed by atoms with Gasteiger partial charge in [0.05, 0.1) is 0 Å². The van der Waals surface area contributed by atoms with Gasteiger partial charge >= 0.3 is 0 Å². The highest BCUT2D eigenvalue weighted by Crippen LogP contribution is 2.41. The topological polar surface area (TPSA) is 0 Å². The molecule has 0 N–H and O–H groups in total. The van der Waals surface area contributed by atoms with Crippen LogP contribution in [0.2, 0.25) is 0 Å². The van der Waals surface area contributed by atoms with Gasteiger partial charge in [0, 0.05) is 0 Å². The lowest BCUT2D eigenvalue weighted by Crippen LogP contribution is -2.32. The van der Waals surface area contributed by atoms with Gasteiger partial charge < -0.3 is 0 Å². The zero-order chi connectivity index (χ0) is 12.3. The highest BCUT2D eigenvalue weighted by atomic mass is 19.2. The second-order valence-corrected chi connectivity index (χ2v) is 5.91. The summed E-state index contributed by atoms with van der Waals surface area (Å²) in [7, 11) is 0. The first-order valence-corrected chi connectivity index (χ1v) is 7.09. The van der Waals surface area contributed by atoms with E-state index in [1.807, 2.05) is 6.08 Å². The van der Waals surface area contributed by atoms with Gasteiger partial charge in [-0.2, -0.15) is 0 Å². The summed E-state index contributed by atoms with van der Waals surface area (Å²) >= 11 is 0. The highest BCUT2D eigenvalue weighted by molar-refractivity contribution is 4.87. The largest absolute Gasteiger partial charge is 0.244 e. The average molecular weight is 242 g/mol. The Hall–Kier alpha value is -0.400. The molecular formula is C15H24F2. The van der Waals surface area contributed by atoms with E-state index in [1.165, 1.54) is 25.7 Å². The number of rotatable bonds is 3. The molecule has 0 saturated heterocycles. The van der Waals surface area contributed by atoms with Crippen LogP contribution in [-0.4, -0.2) is 12.3 Å². The molecule has 2 aliphatic carbocycles. The molecule has 0 spiro atoms. The molecule has 0 aromatic carbocycles. The highest BCUT2D eigenvalue weighted by Gasteiger charge is 2.35. The summed E-state index contributed by atoms with van der Waals surface area (Å²) in [6, 6.07) is 0. The van der Waals surface area contributed by atoms with Gasteiger partial charge in [-0.15, -0.1) is 6.58 Å². The van der Waals surface area contributed by atoms with Crippen LogP contribution in [-0.2, 0) is 0 Å². The van der Waals surface area contributed by atoms with Gasteiger partial charge in [-0.25, -0.2) is 8.78 Å². The summed E-state index contributed by atoms with van der Waals surface area (Å²) in [5, 5.41) is 0. The SMILES string of the molecule is C=CCC1CCC(C2CCC(F)C(F)C2)CC1. The zero-order valence-corrected chi connectivity index (χ0v) is 10.6. The second-order valence-electron chi connectivity index (χ2n) is 5.91. The fraction of sp³-hybridized carbons (Fsp3) is 0.867. The molecule has 0 aliphatic heterocycles. The molecule has 0 radical (unpaired) electrons. The molecule has 3 atom stereocenters. The van der Waals surface area contributed by atoms with Crippen LogP contribution in [0.3, 0.4) is 0 Å². The molecule has 98 valence electrons. The normalized spacial score (nSPS) is 43.3. The Bertz CT molecular complexity index is 243. The maximum absolute atomic E-state index is 13.4. The second kappa shape index (κ2) is 5.97. The summed E-state index contributed by atoms with van der Waals surface area (Å²) in [5.41, 5.74) is 0. The Morgan fingerprint density at radius 1 is 0.882 bits per heavy atom. The van der Waals surface area contributed by atoms with Crippen molar-refractivity contribution in [1.82, 2.24) is 0 Å². The van der Waals surface area contributed by atoms with E-state index in [9.17, 15) is 8.78 Å². The lowest BCUT2D eigenvalue weighted by molar-refractivity contribution is 0.0551. The Kier molecular flexibility index (Phi) is 4.58. The number of hydrogen-bond acceptors (Lipinski definition) is 0. The third-order valence-electron chi connectivity index (χ3n) is 4.79. The summed E-state index contributed by atoms with van der Waals surface area (Å²) < 4.78 is 26.5. The van der Waals surface area contributed by atoms with Crippen molar-refractivity contribution < 1.29 is 8.78 Å². The van der Waals surface area contributed by atoms with Crippen LogP contribution < -0.4 is 0 Å². The van der Waals surface area contributed by atoms with E-state index in [2.05, 4.69) is 6.58 Å². The smallest absolute Gasteiger partial charge is 0.131 e. The van der Waals surface area contributed by atoms with E-state index in [0.717, 1.165) is 18.8 Å². The van der Waals surface area contributed by atoms with Crippen molar-refractivity contribution in [1.29, 1.82) is 0 Å². The first-order valence-electron chi connectivity index (χ1n) is 7.09. The quantitative estimate of drug-likeness (QED) is 0.621. The molecule has 2 rings (SSSR count). The fourth-order valence-electron chi connectivity index (χ4n) is 3.67. The van der Waals surface area contributed by atoms with Gasteiger partial charge in [-0.3, -0.25) is 0 Å². The first-order chi connectivity index (χ1) is 8.20. The Morgan fingerprint density at radius 2 is 1.53 bits per heavy atom. The van der Waals surface area contributed by atoms with Crippen LogP contribution in [0.25, 0.3) is 0 Å². The predicted octanol–water partition coefficient (Wildman–Crippen LogP) is 4.85.